The molecule has 0 bridgehead atoms. The van der Waals surface area contributed by atoms with Gasteiger partial charge < -0.3 is 0 Å². The van der Waals surface area contributed by atoms with Crippen LogP contribution in [-0.2, 0) is 10.0 Å². The lowest BCUT2D eigenvalue weighted by Crippen LogP contribution is -2.16. The number of anilines is 1. The van der Waals surface area contributed by atoms with E-state index in [2.05, 4.69) is 4.72 Å². The van der Waals surface area contributed by atoms with Gasteiger partial charge in [0.15, 0.2) is 5.78 Å². The molecule has 0 aliphatic carbocycles. The van der Waals surface area contributed by atoms with Crippen LogP contribution in [0.3, 0.4) is 0 Å². The van der Waals surface area contributed by atoms with E-state index in [4.69, 9.17) is 23.2 Å². The van der Waals surface area contributed by atoms with Gasteiger partial charge in [0.1, 0.15) is 4.90 Å². The molecule has 0 aromatic heterocycles. The first-order chi connectivity index (χ1) is 12.4. The van der Waals surface area contributed by atoms with E-state index < -0.39 is 10.0 Å². The highest BCUT2D eigenvalue weighted by atomic mass is 35.5. The van der Waals surface area contributed by atoms with Crippen molar-refractivity contribution in [1.82, 2.24) is 0 Å². The number of halogens is 2. The third-order valence-electron chi connectivity index (χ3n) is 3.63. The van der Waals surface area contributed by atoms with Crippen LogP contribution < -0.4 is 4.72 Å². The summed E-state index contributed by atoms with van der Waals surface area (Å²) in [6.45, 7) is 0. The Morgan fingerprint density at radius 1 is 0.846 bits per heavy atom. The summed E-state index contributed by atoms with van der Waals surface area (Å²) in [4.78, 5) is 12.6. The molecule has 0 fully saturated rings. The minimum atomic E-state index is -4.02. The molecule has 0 unspecified atom stereocenters. The second kappa shape index (κ2) is 7.50. The van der Waals surface area contributed by atoms with Crippen LogP contribution in [0.2, 0.25) is 10.0 Å². The lowest BCUT2D eigenvalue weighted by atomic mass is 10.0. The van der Waals surface area contributed by atoms with Gasteiger partial charge in [0, 0.05) is 16.1 Å². The van der Waals surface area contributed by atoms with Gasteiger partial charge in [0.05, 0.1) is 10.7 Å². The van der Waals surface area contributed by atoms with Gasteiger partial charge in [-0.2, -0.15) is 0 Å². The minimum absolute atomic E-state index is 0.0359. The maximum absolute atomic E-state index is 12.7. The number of hydrogen-bond donors (Lipinski definition) is 1. The van der Waals surface area contributed by atoms with Crippen molar-refractivity contribution < 1.29 is 13.2 Å². The van der Waals surface area contributed by atoms with E-state index >= 15 is 0 Å². The summed E-state index contributed by atoms with van der Waals surface area (Å²) >= 11 is 11.9. The first kappa shape index (κ1) is 18.5. The van der Waals surface area contributed by atoms with Gasteiger partial charge in [0.25, 0.3) is 10.0 Å². The van der Waals surface area contributed by atoms with Crippen molar-refractivity contribution >= 4 is 44.7 Å². The first-order valence-electron chi connectivity index (χ1n) is 7.55. The van der Waals surface area contributed by atoms with Gasteiger partial charge in [-0.15, -0.1) is 0 Å². The van der Waals surface area contributed by atoms with E-state index in [0.717, 1.165) is 0 Å². The number of benzene rings is 3. The van der Waals surface area contributed by atoms with Crippen LogP contribution in [0.15, 0.2) is 77.7 Å². The number of sulfonamides is 1. The second-order valence-corrected chi connectivity index (χ2v) is 7.92. The maximum atomic E-state index is 12.7. The molecule has 0 spiro atoms. The van der Waals surface area contributed by atoms with Gasteiger partial charge >= 0.3 is 0 Å². The number of carbonyl (C=O) groups is 1. The molecule has 0 radical (unpaired) electrons. The van der Waals surface area contributed by atoms with Gasteiger partial charge in [0.2, 0.25) is 0 Å². The Hall–Kier alpha value is -2.34. The molecule has 0 saturated heterocycles. The lowest BCUT2D eigenvalue weighted by Gasteiger charge is -2.13. The van der Waals surface area contributed by atoms with Gasteiger partial charge in [-0.05, 0) is 30.3 Å². The molecular formula is C19H13Cl2NO3S. The summed E-state index contributed by atoms with van der Waals surface area (Å²) in [5.74, 6) is -0.291. The Bertz CT molecular complexity index is 1070. The fourth-order valence-electron chi connectivity index (χ4n) is 2.40. The van der Waals surface area contributed by atoms with E-state index in [9.17, 15) is 13.2 Å². The zero-order valence-electron chi connectivity index (χ0n) is 13.3. The first-order valence-corrected chi connectivity index (χ1v) is 9.79. The molecule has 0 amide bonds. The summed E-state index contributed by atoms with van der Waals surface area (Å²) < 4.78 is 27.9. The molecule has 4 nitrogen and oxygen atoms in total. The van der Waals surface area contributed by atoms with Crippen LogP contribution in [0.5, 0.6) is 0 Å². The third-order valence-corrected chi connectivity index (χ3v) is 5.72. The summed E-state index contributed by atoms with van der Waals surface area (Å²) in [7, 11) is -4.02. The predicted molar refractivity (Wildman–Crippen MR) is 104 cm³/mol. The van der Waals surface area contributed by atoms with E-state index in [-0.39, 0.29) is 32.0 Å². The van der Waals surface area contributed by atoms with Crippen LogP contribution in [0.4, 0.5) is 5.69 Å². The number of rotatable bonds is 5. The molecule has 0 atom stereocenters. The SMILES string of the molecule is O=C(c1ccccc1)c1ccccc1NS(=O)(=O)c1cc(Cl)ccc1Cl. The third kappa shape index (κ3) is 3.90. The van der Waals surface area contributed by atoms with Gasteiger partial charge in [-0.1, -0.05) is 65.7 Å². The Balaban J connectivity index is 2.01. The number of hydrogen-bond acceptors (Lipinski definition) is 3. The van der Waals surface area contributed by atoms with Crippen molar-refractivity contribution in [2.24, 2.45) is 0 Å². The fraction of sp³-hybridized carbons (Fsp3) is 0. The van der Waals surface area contributed by atoms with E-state index in [1.807, 2.05) is 0 Å². The Morgan fingerprint density at radius 3 is 2.23 bits per heavy atom. The number of para-hydroxylation sites is 1. The molecule has 0 saturated carbocycles. The fourth-order valence-corrected chi connectivity index (χ4v) is 4.24. The van der Waals surface area contributed by atoms with E-state index in [1.54, 1.807) is 48.5 Å². The monoisotopic (exact) mass is 405 g/mol. The molecule has 7 heteroatoms. The van der Waals surface area contributed by atoms with E-state index in [1.165, 1.54) is 24.3 Å². The van der Waals surface area contributed by atoms with Crippen molar-refractivity contribution in [3.8, 4) is 0 Å². The molecule has 26 heavy (non-hydrogen) atoms. The lowest BCUT2D eigenvalue weighted by molar-refractivity contribution is 0.103. The number of carbonyl (C=O) groups excluding carboxylic acids is 1. The summed E-state index contributed by atoms with van der Waals surface area (Å²) in [6, 6.07) is 19.2. The van der Waals surface area contributed by atoms with Crippen LogP contribution >= 0.6 is 23.2 Å². The maximum Gasteiger partial charge on any atom is 0.263 e. The molecule has 3 aromatic rings. The summed E-state index contributed by atoms with van der Waals surface area (Å²) in [5.41, 5.74) is 0.859. The topological polar surface area (TPSA) is 63.2 Å². The molecule has 3 rings (SSSR count). The highest BCUT2D eigenvalue weighted by Gasteiger charge is 2.22. The molecule has 132 valence electrons. The number of nitrogens with one attached hydrogen (secondary N) is 1. The summed E-state index contributed by atoms with van der Waals surface area (Å²) in [6.07, 6.45) is 0. The van der Waals surface area contributed by atoms with Crippen LogP contribution in [0, 0.1) is 0 Å². The predicted octanol–water partition coefficient (Wildman–Crippen LogP) is 5.03. The molecular weight excluding hydrogens is 393 g/mol. The average molecular weight is 406 g/mol. The van der Waals surface area contributed by atoms with Crippen molar-refractivity contribution in [1.29, 1.82) is 0 Å². The van der Waals surface area contributed by atoms with Gasteiger partial charge in [-0.25, -0.2) is 8.42 Å². The summed E-state index contributed by atoms with van der Waals surface area (Å²) in [5, 5.41) is 0.275. The molecule has 0 heterocycles. The van der Waals surface area contributed by atoms with Crippen molar-refractivity contribution in [2.75, 3.05) is 4.72 Å². The van der Waals surface area contributed by atoms with E-state index in [0.29, 0.717) is 5.56 Å². The van der Waals surface area contributed by atoms with Gasteiger partial charge in [-0.3, -0.25) is 9.52 Å². The Labute approximate surface area is 161 Å². The average Bonchev–Trinajstić information content (AvgIpc) is 2.64. The highest BCUT2D eigenvalue weighted by Crippen LogP contribution is 2.28. The smallest absolute Gasteiger partial charge is 0.263 e. The minimum Gasteiger partial charge on any atom is -0.289 e. The van der Waals surface area contributed by atoms with Crippen LogP contribution in [0.25, 0.3) is 0 Å². The second-order valence-electron chi connectivity index (χ2n) is 5.42. The quantitative estimate of drug-likeness (QED) is 0.605. The van der Waals surface area contributed by atoms with Crippen molar-refractivity contribution in [3.05, 3.63) is 94.0 Å². The van der Waals surface area contributed by atoms with Crippen molar-refractivity contribution in [3.63, 3.8) is 0 Å². The molecule has 0 aliphatic heterocycles. The number of ketones is 1. The van der Waals surface area contributed by atoms with Crippen LogP contribution in [0.1, 0.15) is 15.9 Å². The molecule has 3 aromatic carbocycles. The molecule has 1 N–H and O–H groups in total. The zero-order chi connectivity index (χ0) is 18.7. The largest absolute Gasteiger partial charge is 0.289 e. The van der Waals surface area contributed by atoms with Crippen molar-refractivity contribution in [2.45, 2.75) is 4.90 Å². The van der Waals surface area contributed by atoms with Crippen LogP contribution in [-0.4, -0.2) is 14.2 Å². The Kier molecular flexibility index (Phi) is 5.32. The Morgan fingerprint density at radius 2 is 1.50 bits per heavy atom. The highest BCUT2D eigenvalue weighted by molar-refractivity contribution is 7.92. The standard InChI is InChI=1S/C19H13Cl2NO3S/c20-14-10-11-16(21)18(12-14)26(24,25)22-17-9-5-4-8-15(17)19(23)13-6-2-1-3-7-13/h1-12,22H. The normalized spacial score (nSPS) is 11.2. The molecule has 0 aliphatic rings. The zero-order valence-corrected chi connectivity index (χ0v) is 15.6.